The number of phosphoric acid groups is 1. The van der Waals surface area contributed by atoms with Crippen molar-refractivity contribution >= 4 is 24.9 Å². The third-order valence-corrected chi connectivity index (χ3v) is 7.72. The Labute approximate surface area is 197 Å². The Hall–Kier alpha value is -2.96. The number of H-pyrrole nitrogens is 1. The fourth-order valence-electron chi connectivity index (χ4n) is 4.45. The molecule has 1 saturated heterocycles. The van der Waals surface area contributed by atoms with Gasteiger partial charge in [-0.3, -0.25) is 23.3 Å². The summed E-state index contributed by atoms with van der Waals surface area (Å²) in [5.74, 6) is -2.88. The Morgan fingerprint density at radius 1 is 1.40 bits per heavy atom. The monoisotopic (exact) mass is 509 g/mol. The maximum absolute atomic E-state index is 14.2. The van der Waals surface area contributed by atoms with Gasteiger partial charge in [-0.25, -0.2) is 18.3 Å². The molecule has 0 amide bonds. The number of fused-ring (bicyclic) bond motifs is 1. The number of halogens is 2. The molecule has 1 saturated carbocycles. The summed E-state index contributed by atoms with van der Waals surface area (Å²) >= 11 is 0. The SMILES string of the molecule is C=C1[C@H](CO[P@]2(=O)OCC[C@H](c3cccc(F)c3F)O2)[C@@H](O)C[C@@H]1n1cnc2c(=O)[nH]c(N)nc21. The molecule has 186 valence electrons. The average Bonchev–Trinajstić information content (AvgIpc) is 3.34. The van der Waals surface area contributed by atoms with Crippen molar-refractivity contribution in [2.75, 3.05) is 18.9 Å². The van der Waals surface area contributed by atoms with Crippen molar-refractivity contribution < 1.29 is 32.0 Å². The summed E-state index contributed by atoms with van der Waals surface area (Å²) in [4.78, 5) is 22.6. The Morgan fingerprint density at radius 3 is 3.00 bits per heavy atom. The normalized spacial score (nSPS) is 29.2. The van der Waals surface area contributed by atoms with Gasteiger partial charge in [0.05, 0.1) is 37.8 Å². The molecule has 3 aromatic rings. The Balaban J connectivity index is 1.31. The number of nitrogens with one attached hydrogen (secondary N) is 1. The molecule has 2 aliphatic rings. The van der Waals surface area contributed by atoms with Crippen LogP contribution in [0.3, 0.4) is 0 Å². The van der Waals surface area contributed by atoms with E-state index in [1.54, 1.807) is 4.57 Å². The maximum atomic E-state index is 14.2. The summed E-state index contributed by atoms with van der Waals surface area (Å²) in [5.41, 5.74) is 5.92. The highest BCUT2D eigenvalue weighted by Gasteiger charge is 2.43. The summed E-state index contributed by atoms with van der Waals surface area (Å²) in [7, 11) is -4.14. The molecule has 0 bridgehead atoms. The summed E-state index contributed by atoms with van der Waals surface area (Å²) in [6.45, 7) is 3.72. The molecule has 1 aromatic carbocycles. The van der Waals surface area contributed by atoms with Crippen molar-refractivity contribution in [1.82, 2.24) is 19.5 Å². The number of rotatable bonds is 5. The lowest BCUT2D eigenvalue weighted by atomic mass is 10.0. The van der Waals surface area contributed by atoms with E-state index in [0.717, 1.165) is 6.07 Å². The van der Waals surface area contributed by atoms with E-state index < -0.39 is 49.2 Å². The van der Waals surface area contributed by atoms with Crippen molar-refractivity contribution in [3.63, 3.8) is 0 Å². The van der Waals surface area contributed by atoms with Gasteiger partial charge in [-0.2, -0.15) is 4.98 Å². The van der Waals surface area contributed by atoms with Crippen molar-refractivity contribution in [3.05, 3.63) is 64.2 Å². The number of nitrogens with two attached hydrogens (primary N) is 1. The predicted molar refractivity (Wildman–Crippen MR) is 119 cm³/mol. The number of aromatic nitrogens is 4. The quantitative estimate of drug-likeness (QED) is 0.348. The molecular formula is C21H22F2N5O6P. The van der Waals surface area contributed by atoms with E-state index >= 15 is 0 Å². The van der Waals surface area contributed by atoms with Gasteiger partial charge >= 0.3 is 7.82 Å². The summed E-state index contributed by atoms with van der Waals surface area (Å²) < 4.78 is 58.6. The average molecular weight is 509 g/mol. The minimum atomic E-state index is -4.14. The third kappa shape index (κ3) is 4.30. The second-order valence-electron chi connectivity index (χ2n) is 8.38. The van der Waals surface area contributed by atoms with Crippen molar-refractivity contribution in [2.24, 2.45) is 5.92 Å². The summed E-state index contributed by atoms with van der Waals surface area (Å²) in [6, 6.07) is 3.16. The lowest BCUT2D eigenvalue weighted by Crippen LogP contribution is -2.22. The standard InChI is InChI=1S/C21H22F2N5O6P/c1-10-12(15(29)7-14(10)28-9-25-18-19(28)26-21(24)27-20(18)30)8-33-35(31)32-6-5-16(34-35)11-3-2-4-13(22)17(11)23/h2-4,9,12,14-16,29H,1,5-8H2,(H3,24,26,27,30)/t12-,14-,15-,16+,35-/m0/s1. The first-order chi connectivity index (χ1) is 16.7. The van der Waals surface area contributed by atoms with Gasteiger partial charge in [0.2, 0.25) is 5.95 Å². The maximum Gasteiger partial charge on any atom is 0.475 e. The lowest BCUT2D eigenvalue weighted by Gasteiger charge is -2.30. The minimum absolute atomic E-state index is 0.0582. The Kier molecular flexibility index (Phi) is 6.06. The van der Waals surface area contributed by atoms with E-state index in [1.165, 1.54) is 18.5 Å². The smallest absolute Gasteiger partial charge is 0.392 e. The highest BCUT2D eigenvalue weighted by Crippen LogP contribution is 2.58. The molecule has 14 heteroatoms. The number of nitrogens with zero attached hydrogens (tertiary/aromatic N) is 3. The molecule has 11 nitrogen and oxygen atoms in total. The van der Waals surface area contributed by atoms with Crippen LogP contribution in [-0.4, -0.2) is 43.9 Å². The van der Waals surface area contributed by atoms with E-state index in [1.807, 2.05) is 0 Å². The molecule has 4 N–H and O–H groups in total. The van der Waals surface area contributed by atoms with Gasteiger partial charge in [0.15, 0.2) is 22.8 Å². The second kappa shape index (κ2) is 8.92. The van der Waals surface area contributed by atoms with Gasteiger partial charge < -0.3 is 15.4 Å². The molecule has 2 aromatic heterocycles. The van der Waals surface area contributed by atoms with E-state index in [2.05, 4.69) is 21.5 Å². The van der Waals surface area contributed by atoms with Gasteiger partial charge in [-0.05, 0) is 18.1 Å². The van der Waals surface area contributed by atoms with E-state index in [0.29, 0.717) is 5.57 Å². The summed E-state index contributed by atoms with van der Waals surface area (Å²) in [6.07, 6.45) is -0.196. The topological polar surface area (TPSA) is 155 Å². The molecule has 0 spiro atoms. The number of imidazole rings is 1. The van der Waals surface area contributed by atoms with Gasteiger partial charge in [-0.1, -0.05) is 18.7 Å². The number of hydrogen-bond donors (Lipinski definition) is 3. The fraction of sp³-hybridized carbons (Fsp3) is 0.381. The Morgan fingerprint density at radius 2 is 2.20 bits per heavy atom. The molecule has 3 heterocycles. The zero-order chi connectivity index (χ0) is 24.9. The van der Waals surface area contributed by atoms with Crippen LogP contribution < -0.4 is 11.3 Å². The molecule has 0 unspecified atom stereocenters. The molecule has 0 radical (unpaired) electrons. The zero-order valence-electron chi connectivity index (χ0n) is 18.3. The number of hydrogen-bond acceptors (Lipinski definition) is 9. The van der Waals surface area contributed by atoms with Crippen LogP contribution in [0.2, 0.25) is 0 Å². The van der Waals surface area contributed by atoms with E-state index in [4.69, 9.17) is 19.3 Å². The number of phosphoric ester groups is 1. The number of benzene rings is 1. The first kappa shape index (κ1) is 23.8. The van der Waals surface area contributed by atoms with Crippen LogP contribution in [0.5, 0.6) is 0 Å². The third-order valence-electron chi connectivity index (χ3n) is 6.25. The Bertz CT molecular complexity index is 1410. The van der Waals surface area contributed by atoms with Crippen LogP contribution in [0, 0.1) is 17.6 Å². The van der Waals surface area contributed by atoms with Crippen molar-refractivity contribution in [3.8, 4) is 0 Å². The van der Waals surface area contributed by atoms with E-state index in [-0.39, 0.29) is 48.7 Å². The predicted octanol–water partition coefficient (Wildman–Crippen LogP) is 2.76. The summed E-state index contributed by atoms with van der Waals surface area (Å²) in [5, 5.41) is 10.7. The lowest BCUT2D eigenvalue weighted by molar-refractivity contribution is 0.0153. The molecule has 1 aliphatic carbocycles. The number of aliphatic hydroxyl groups is 1. The van der Waals surface area contributed by atoms with Crippen molar-refractivity contribution in [1.29, 1.82) is 0 Å². The van der Waals surface area contributed by atoms with Crippen LogP contribution in [0.15, 0.2) is 41.5 Å². The molecule has 2 fully saturated rings. The van der Waals surface area contributed by atoms with Gasteiger partial charge in [-0.15, -0.1) is 0 Å². The molecule has 5 atom stereocenters. The number of anilines is 1. The highest BCUT2D eigenvalue weighted by atomic mass is 31.2. The zero-order valence-corrected chi connectivity index (χ0v) is 19.2. The van der Waals surface area contributed by atoms with Crippen LogP contribution in [0.1, 0.15) is 30.6 Å². The molecule has 35 heavy (non-hydrogen) atoms. The minimum Gasteiger partial charge on any atom is -0.392 e. The molecule has 5 rings (SSSR count). The number of aromatic amines is 1. The van der Waals surface area contributed by atoms with Gasteiger partial charge in [0.1, 0.15) is 0 Å². The fourth-order valence-corrected chi connectivity index (χ4v) is 5.85. The second-order valence-corrected chi connectivity index (χ2v) is 10.00. The van der Waals surface area contributed by atoms with E-state index in [9.17, 15) is 23.2 Å². The molecule has 1 aliphatic heterocycles. The van der Waals surface area contributed by atoms with Crippen LogP contribution in [0.25, 0.3) is 11.2 Å². The van der Waals surface area contributed by atoms with Gasteiger partial charge in [0, 0.05) is 17.9 Å². The molecular weight excluding hydrogens is 487 g/mol. The van der Waals surface area contributed by atoms with Crippen LogP contribution >= 0.6 is 7.82 Å². The first-order valence-electron chi connectivity index (χ1n) is 10.8. The highest BCUT2D eigenvalue weighted by molar-refractivity contribution is 7.48. The number of nitrogen functional groups attached to an aromatic ring is 1. The van der Waals surface area contributed by atoms with Crippen LogP contribution in [-0.2, 0) is 18.1 Å². The number of aliphatic hydroxyl groups excluding tert-OH is 1. The van der Waals surface area contributed by atoms with Gasteiger partial charge in [0.25, 0.3) is 5.56 Å². The largest absolute Gasteiger partial charge is 0.475 e. The van der Waals surface area contributed by atoms with Crippen LogP contribution in [0.4, 0.5) is 14.7 Å². The first-order valence-corrected chi connectivity index (χ1v) is 12.2. The van der Waals surface area contributed by atoms with Crippen molar-refractivity contribution in [2.45, 2.75) is 31.1 Å².